The van der Waals surface area contributed by atoms with Crippen LogP contribution in [0.15, 0.2) is 0 Å². The molecule has 0 radical (unpaired) electrons. The molecule has 2 heterocycles. The Morgan fingerprint density at radius 3 is 2.72 bits per heavy atom. The van der Waals surface area contributed by atoms with Gasteiger partial charge in [-0.3, -0.25) is 0 Å². The summed E-state index contributed by atoms with van der Waals surface area (Å²) in [5.41, 5.74) is 1.86. The molecule has 0 bridgehead atoms. The highest BCUT2D eigenvalue weighted by atomic mass is 32.1. The molecule has 7 heteroatoms. The lowest BCUT2D eigenvalue weighted by Crippen LogP contribution is -2.49. The number of carbonyl (C=O) groups is 1. The lowest BCUT2D eigenvalue weighted by atomic mass is 9.88. The normalized spacial score (nSPS) is 20.9. The van der Waals surface area contributed by atoms with Gasteiger partial charge in [0, 0.05) is 31.1 Å². The van der Waals surface area contributed by atoms with Crippen LogP contribution in [0, 0.1) is 5.92 Å². The first kappa shape index (κ1) is 18.6. The molecule has 1 aliphatic carbocycles. The number of fused-ring (bicyclic) bond motifs is 1. The number of piperazine rings is 1. The summed E-state index contributed by atoms with van der Waals surface area (Å²) in [5.74, 6) is 0.409. The van der Waals surface area contributed by atoms with E-state index in [1.807, 2.05) is 0 Å². The van der Waals surface area contributed by atoms with Crippen LogP contribution in [0.5, 0.6) is 0 Å². The Bertz CT molecular complexity index is 651. The minimum absolute atomic E-state index is 0.256. The zero-order valence-electron chi connectivity index (χ0n) is 15.3. The topological polar surface area (TPSA) is 44.8 Å². The van der Waals surface area contributed by atoms with Crippen molar-refractivity contribution in [3.8, 4) is 0 Å². The van der Waals surface area contributed by atoms with Crippen molar-refractivity contribution in [1.82, 2.24) is 9.80 Å². The van der Waals surface area contributed by atoms with Crippen LogP contribution in [0.1, 0.15) is 41.1 Å². The molecule has 1 aliphatic heterocycles. The average molecular weight is 382 g/mol. The van der Waals surface area contributed by atoms with Crippen molar-refractivity contribution in [2.75, 3.05) is 45.2 Å². The Balaban J connectivity index is 1.77. The molecule has 5 nitrogen and oxygen atoms in total. The molecule has 0 spiro atoms. The minimum atomic E-state index is -0.256. The highest BCUT2D eigenvalue weighted by Gasteiger charge is 2.29. The van der Waals surface area contributed by atoms with Crippen LogP contribution in [-0.2, 0) is 17.6 Å². The summed E-state index contributed by atoms with van der Waals surface area (Å²) in [7, 11) is 1.45. The van der Waals surface area contributed by atoms with Gasteiger partial charge in [0.15, 0.2) is 5.11 Å². The van der Waals surface area contributed by atoms with Crippen molar-refractivity contribution in [1.29, 1.82) is 0 Å². The molecule has 138 valence electrons. The van der Waals surface area contributed by atoms with Gasteiger partial charge in [0.1, 0.15) is 5.00 Å². The fourth-order valence-corrected chi connectivity index (χ4v) is 5.35. The Kier molecular flexibility index (Phi) is 5.96. The maximum atomic E-state index is 12.4. The van der Waals surface area contributed by atoms with E-state index in [0.717, 1.165) is 62.6 Å². The summed E-state index contributed by atoms with van der Waals surface area (Å²) in [6.45, 7) is 9.44. The van der Waals surface area contributed by atoms with Crippen molar-refractivity contribution < 1.29 is 9.53 Å². The van der Waals surface area contributed by atoms with Crippen molar-refractivity contribution in [2.45, 2.75) is 33.1 Å². The van der Waals surface area contributed by atoms with Crippen molar-refractivity contribution in [3.63, 3.8) is 0 Å². The van der Waals surface area contributed by atoms with Crippen LogP contribution in [0.2, 0.25) is 0 Å². The molecule has 0 saturated carbocycles. The van der Waals surface area contributed by atoms with E-state index in [1.165, 1.54) is 12.0 Å². The van der Waals surface area contributed by atoms with Gasteiger partial charge >= 0.3 is 5.97 Å². The van der Waals surface area contributed by atoms with Gasteiger partial charge in [-0.25, -0.2) is 4.79 Å². The SMILES string of the molecule is CCN1CCN(C(=S)Nc2sc3c(c2C(=O)OC)CCC(C)C3)CC1. The molecule has 1 atom stereocenters. The number of carbonyl (C=O) groups excluding carboxylic acids is 1. The first-order valence-electron chi connectivity index (χ1n) is 9.04. The number of likely N-dealkylation sites (N-methyl/N-ethyl adjacent to an activating group) is 1. The Hall–Kier alpha value is -1.18. The second-order valence-electron chi connectivity index (χ2n) is 6.90. The van der Waals surface area contributed by atoms with E-state index in [-0.39, 0.29) is 5.97 Å². The predicted molar refractivity (Wildman–Crippen MR) is 107 cm³/mol. The smallest absolute Gasteiger partial charge is 0.341 e. The molecule has 0 aromatic carbocycles. The average Bonchev–Trinajstić information content (AvgIpc) is 2.97. The van der Waals surface area contributed by atoms with Gasteiger partial charge in [0.05, 0.1) is 12.7 Å². The molecule has 1 saturated heterocycles. The number of thiophene rings is 1. The van der Waals surface area contributed by atoms with Crippen LogP contribution < -0.4 is 5.32 Å². The maximum absolute atomic E-state index is 12.4. The minimum Gasteiger partial charge on any atom is -0.465 e. The summed E-state index contributed by atoms with van der Waals surface area (Å²) in [6.07, 6.45) is 3.10. The van der Waals surface area contributed by atoms with Crippen molar-refractivity contribution >= 4 is 39.6 Å². The van der Waals surface area contributed by atoms with Gasteiger partial charge in [-0.15, -0.1) is 11.3 Å². The number of ether oxygens (including phenoxy) is 1. The Labute approximate surface area is 159 Å². The summed E-state index contributed by atoms with van der Waals surface area (Å²) in [4.78, 5) is 18.3. The first-order valence-corrected chi connectivity index (χ1v) is 10.3. The molecule has 25 heavy (non-hydrogen) atoms. The summed E-state index contributed by atoms with van der Waals surface area (Å²) in [6, 6.07) is 0. The number of nitrogens with one attached hydrogen (secondary N) is 1. The molecule has 1 N–H and O–H groups in total. The van der Waals surface area contributed by atoms with Gasteiger partial charge < -0.3 is 19.9 Å². The summed E-state index contributed by atoms with van der Waals surface area (Å²) >= 11 is 7.30. The molecule has 1 unspecified atom stereocenters. The van der Waals surface area contributed by atoms with E-state index in [9.17, 15) is 4.79 Å². The highest BCUT2D eigenvalue weighted by molar-refractivity contribution is 7.80. The third kappa shape index (κ3) is 3.99. The van der Waals surface area contributed by atoms with Crippen molar-refractivity contribution in [2.24, 2.45) is 5.92 Å². The monoisotopic (exact) mass is 381 g/mol. The number of rotatable bonds is 3. The van der Waals surface area contributed by atoms with E-state index in [2.05, 4.69) is 29.0 Å². The van der Waals surface area contributed by atoms with Crippen molar-refractivity contribution in [3.05, 3.63) is 16.0 Å². The predicted octanol–water partition coefficient (Wildman–Crippen LogP) is 2.99. The third-order valence-electron chi connectivity index (χ3n) is 5.23. The molecule has 2 aliphatic rings. The maximum Gasteiger partial charge on any atom is 0.341 e. The molecule has 1 aromatic rings. The zero-order chi connectivity index (χ0) is 18.0. The second-order valence-corrected chi connectivity index (χ2v) is 8.39. The first-order chi connectivity index (χ1) is 12.0. The van der Waals surface area contributed by atoms with Gasteiger partial charge in [-0.05, 0) is 49.5 Å². The van der Waals surface area contributed by atoms with E-state index < -0.39 is 0 Å². The summed E-state index contributed by atoms with van der Waals surface area (Å²) in [5, 5.41) is 4.93. The van der Waals surface area contributed by atoms with E-state index in [1.54, 1.807) is 11.3 Å². The van der Waals surface area contributed by atoms with Crippen LogP contribution in [-0.4, -0.2) is 60.7 Å². The third-order valence-corrected chi connectivity index (χ3v) is 6.76. The molecule has 1 fully saturated rings. The lowest BCUT2D eigenvalue weighted by molar-refractivity contribution is 0.0601. The van der Waals surface area contributed by atoms with Gasteiger partial charge in [-0.1, -0.05) is 13.8 Å². The van der Waals surface area contributed by atoms with E-state index in [0.29, 0.717) is 16.6 Å². The number of thiocarbonyl (C=S) groups is 1. The van der Waals surface area contributed by atoms with Gasteiger partial charge in [0.25, 0.3) is 0 Å². The number of hydrogen-bond acceptors (Lipinski definition) is 5. The van der Waals surface area contributed by atoms with Crippen LogP contribution in [0.4, 0.5) is 5.00 Å². The molecular weight excluding hydrogens is 354 g/mol. The standard InChI is InChI=1S/C18H27N3O2S2/c1-4-20-7-9-21(10-8-20)18(24)19-16-15(17(22)23-3)13-6-5-12(2)11-14(13)25-16/h12H,4-11H2,1-3H3,(H,19,24). The lowest BCUT2D eigenvalue weighted by Gasteiger charge is -2.35. The number of hydrogen-bond donors (Lipinski definition) is 1. The fourth-order valence-electron chi connectivity index (χ4n) is 3.60. The van der Waals surface area contributed by atoms with Crippen LogP contribution >= 0.6 is 23.6 Å². The number of nitrogens with zero attached hydrogens (tertiary/aromatic N) is 2. The number of esters is 1. The molecule has 3 rings (SSSR count). The second kappa shape index (κ2) is 8.01. The largest absolute Gasteiger partial charge is 0.465 e. The quantitative estimate of drug-likeness (QED) is 0.641. The molecule has 1 aromatic heterocycles. The van der Waals surface area contributed by atoms with E-state index in [4.69, 9.17) is 17.0 Å². The summed E-state index contributed by atoms with van der Waals surface area (Å²) < 4.78 is 5.05. The van der Waals surface area contributed by atoms with Crippen LogP contribution in [0.25, 0.3) is 0 Å². The van der Waals surface area contributed by atoms with Crippen LogP contribution in [0.3, 0.4) is 0 Å². The number of anilines is 1. The van der Waals surface area contributed by atoms with Gasteiger partial charge in [0.2, 0.25) is 0 Å². The van der Waals surface area contributed by atoms with E-state index >= 15 is 0 Å². The van der Waals surface area contributed by atoms with Gasteiger partial charge in [-0.2, -0.15) is 0 Å². The fraction of sp³-hybridized carbons (Fsp3) is 0.667. The molecular formula is C18H27N3O2S2. The zero-order valence-corrected chi connectivity index (χ0v) is 16.9. The molecule has 0 amide bonds. The highest BCUT2D eigenvalue weighted by Crippen LogP contribution is 2.40. The Morgan fingerprint density at radius 2 is 2.08 bits per heavy atom. The Morgan fingerprint density at radius 1 is 1.36 bits per heavy atom. The number of methoxy groups -OCH3 is 1.